The molecule has 2 aromatic rings. The molecule has 2 heterocycles. The molecule has 0 saturated carbocycles. The van der Waals surface area contributed by atoms with Crippen molar-refractivity contribution in [3.63, 3.8) is 0 Å². The van der Waals surface area contributed by atoms with Crippen LogP contribution in [0.25, 0.3) is 11.3 Å². The minimum Gasteiger partial charge on any atom is -0.465 e. The molecule has 0 bridgehead atoms. The van der Waals surface area contributed by atoms with E-state index in [0.29, 0.717) is 35.9 Å². The van der Waals surface area contributed by atoms with Gasteiger partial charge in [0, 0.05) is 31.3 Å². The summed E-state index contributed by atoms with van der Waals surface area (Å²) in [5.74, 6) is -0.177. The van der Waals surface area contributed by atoms with Gasteiger partial charge in [-0.05, 0) is 18.4 Å². The highest BCUT2D eigenvalue weighted by Crippen LogP contribution is 2.27. The summed E-state index contributed by atoms with van der Waals surface area (Å²) in [7, 11) is 0. The lowest BCUT2D eigenvalue weighted by Gasteiger charge is -2.12. The van der Waals surface area contributed by atoms with E-state index >= 15 is 0 Å². The van der Waals surface area contributed by atoms with Gasteiger partial charge in [-0.1, -0.05) is 35.0 Å². The van der Waals surface area contributed by atoms with Gasteiger partial charge in [0.15, 0.2) is 0 Å². The topological polar surface area (TPSA) is 95.7 Å². The van der Waals surface area contributed by atoms with Crippen LogP contribution in [0.2, 0.25) is 5.02 Å². The first kappa shape index (κ1) is 16.3. The lowest BCUT2D eigenvalue weighted by atomic mass is 10.1. The first-order chi connectivity index (χ1) is 11.5. The number of amides is 2. The summed E-state index contributed by atoms with van der Waals surface area (Å²) in [5, 5.41) is 16.1. The average Bonchev–Trinajstić information content (AvgIpc) is 3.22. The van der Waals surface area contributed by atoms with Gasteiger partial charge >= 0.3 is 6.09 Å². The van der Waals surface area contributed by atoms with Crippen molar-refractivity contribution in [2.75, 3.05) is 19.6 Å². The largest absolute Gasteiger partial charge is 0.465 e. The smallest absolute Gasteiger partial charge is 0.407 e. The number of carbonyl (C=O) groups excluding carboxylic acids is 1. The number of hydrogen-bond donors (Lipinski definition) is 2. The van der Waals surface area contributed by atoms with Crippen LogP contribution in [0.15, 0.2) is 34.9 Å². The van der Waals surface area contributed by atoms with E-state index in [0.717, 1.165) is 6.42 Å². The molecule has 1 saturated heterocycles. The molecule has 1 atom stereocenters. The van der Waals surface area contributed by atoms with E-state index in [4.69, 9.17) is 21.2 Å². The summed E-state index contributed by atoms with van der Waals surface area (Å²) < 4.78 is 5.09. The molecule has 0 aliphatic carbocycles. The molecular weight excluding hydrogens is 334 g/mol. The van der Waals surface area contributed by atoms with Crippen molar-refractivity contribution in [1.29, 1.82) is 0 Å². The van der Waals surface area contributed by atoms with E-state index in [1.807, 2.05) is 12.1 Å². The quantitative estimate of drug-likeness (QED) is 0.884. The number of benzene rings is 1. The summed E-state index contributed by atoms with van der Waals surface area (Å²) in [5.41, 5.74) is 1.18. The van der Waals surface area contributed by atoms with Gasteiger partial charge in [0.25, 0.3) is 5.91 Å². The maximum absolute atomic E-state index is 12.1. The number of nitrogens with one attached hydrogen (secondary N) is 1. The second-order valence-electron chi connectivity index (χ2n) is 5.65. The minimum absolute atomic E-state index is 0.0954. The SMILES string of the molecule is O=C(NCC1CCN(C(=O)O)C1)c1cc(-c2ccccc2Cl)no1. The number of carbonyl (C=O) groups is 2. The Hall–Kier alpha value is -2.54. The number of carboxylic acid groups (broad SMARTS) is 1. The fraction of sp³-hybridized carbons (Fsp3) is 0.312. The van der Waals surface area contributed by atoms with Crippen molar-refractivity contribution in [3.8, 4) is 11.3 Å². The molecule has 126 valence electrons. The molecule has 1 unspecified atom stereocenters. The normalized spacial score (nSPS) is 17.0. The Kier molecular flexibility index (Phi) is 4.71. The standard InChI is InChI=1S/C16H16ClN3O4/c17-12-4-2-1-3-11(12)13-7-14(24-19-13)15(21)18-8-10-5-6-20(9-10)16(22)23/h1-4,7,10H,5-6,8-9H2,(H,18,21)(H,22,23). The van der Waals surface area contributed by atoms with Gasteiger partial charge in [-0.3, -0.25) is 4.79 Å². The van der Waals surface area contributed by atoms with Crippen LogP contribution in [0, 0.1) is 5.92 Å². The van der Waals surface area contributed by atoms with Gasteiger partial charge in [-0.2, -0.15) is 0 Å². The molecule has 0 radical (unpaired) electrons. The fourth-order valence-corrected chi connectivity index (χ4v) is 2.91. The van der Waals surface area contributed by atoms with Crippen LogP contribution in [-0.4, -0.2) is 46.8 Å². The molecule has 1 fully saturated rings. The summed E-state index contributed by atoms with van der Waals surface area (Å²) in [6.45, 7) is 1.32. The Bertz CT molecular complexity index is 761. The van der Waals surface area contributed by atoms with Gasteiger partial charge in [0.2, 0.25) is 5.76 Å². The Morgan fingerprint density at radius 2 is 2.21 bits per heavy atom. The van der Waals surface area contributed by atoms with Crippen LogP contribution in [0.4, 0.5) is 4.79 Å². The van der Waals surface area contributed by atoms with Crippen LogP contribution in [0.3, 0.4) is 0 Å². The van der Waals surface area contributed by atoms with E-state index < -0.39 is 6.09 Å². The van der Waals surface area contributed by atoms with Crippen LogP contribution >= 0.6 is 11.6 Å². The number of aromatic nitrogens is 1. The van der Waals surface area contributed by atoms with Gasteiger partial charge in [-0.15, -0.1) is 0 Å². The monoisotopic (exact) mass is 349 g/mol. The van der Waals surface area contributed by atoms with Crippen molar-refractivity contribution in [3.05, 3.63) is 41.1 Å². The third-order valence-electron chi connectivity index (χ3n) is 3.99. The zero-order valence-electron chi connectivity index (χ0n) is 12.7. The van der Waals surface area contributed by atoms with Crippen LogP contribution < -0.4 is 5.32 Å². The third kappa shape index (κ3) is 3.51. The zero-order chi connectivity index (χ0) is 17.1. The maximum atomic E-state index is 12.1. The van der Waals surface area contributed by atoms with Gasteiger partial charge < -0.3 is 19.8 Å². The molecule has 2 amide bonds. The maximum Gasteiger partial charge on any atom is 0.407 e. The minimum atomic E-state index is -0.927. The highest BCUT2D eigenvalue weighted by Gasteiger charge is 2.26. The van der Waals surface area contributed by atoms with Crippen molar-refractivity contribution in [2.24, 2.45) is 5.92 Å². The summed E-state index contributed by atoms with van der Waals surface area (Å²) in [6.07, 6.45) is -0.197. The third-order valence-corrected chi connectivity index (χ3v) is 4.32. The Balaban J connectivity index is 1.59. The zero-order valence-corrected chi connectivity index (χ0v) is 13.5. The first-order valence-corrected chi connectivity index (χ1v) is 7.90. The lowest BCUT2D eigenvalue weighted by molar-refractivity contribution is 0.0910. The number of halogens is 1. The Morgan fingerprint density at radius 3 is 2.92 bits per heavy atom. The van der Waals surface area contributed by atoms with Crippen molar-refractivity contribution >= 4 is 23.6 Å². The van der Waals surface area contributed by atoms with E-state index in [1.165, 1.54) is 11.0 Å². The average molecular weight is 350 g/mol. The molecule has 7 nitrogen and oxygen atoms in total. The van der Waals surface area contributed by atoms with Crippen LogP contribution in [-0.2, 0) is 0 Å². The van der Waals surface area contributed by atoms with E-state index in [9.17, 15) is 9.59 Å². The Labute approximate surface area is 143 Å². The molecular formula is C16H16ClN3O4. The Morgan fingerprint density at radius 1 is 1.42 bits per heavy atom. The van der Waals surface area contributed by atoms with Crippen molar-refractivity contribution < 1.29 is 19.2 Å². The second-order valence-corrected chi connectivity index (χ2v) is 6.06. The molecule has 1 aromatic heterocycles. The van der Waals surface area contributed by atoms with Crippen molar-refractivity contribution in [1.82, 2.24) is 15.4 Å². The summed E-state index contributed by atoms with van der Waals surface area (Å²) in [4.78, 5) is 24.4. The predicted octanol–water partition coefficient (Wildman–Crippen LogP) is 2.72. The molecule has 1 aliphatic heterocycles. The summed E-state index contributed by atoms with van der Waals surface area (Å²) in [6, 6.07) is 8.70. The molecule has 8 heteroatoms. The highest BCUT2D eigenvalue weighted by atomic mass is 35.5. The van der Waals surface area contributed by atoms with Crippen LogP contribution in [0.1, 0.15) is 17.0 Å². The van der Waals surface area contributed by atoms with Crippen LogP contribution in [0.5, 0.6) is 0 Å². The second kappa shape index (κ2) is 6.92. The fourth-order valence-electron chi connectivity index (χ4n) is 2.68. The predicted molar refractivity (Wildman–Crippen MR) is 87.0 cm³/mol. The first-order valence-electron chi connectivity index (χ1n) is 7.52. The molecule has 2 N–H and O–H groups in total. The number of hydrogen-bond acceptors (Lipinski definition) is 4. The van der Waals surface area contributed by atoms with E-state index in [-0.39, 0.29) is 17.6 Å². The lowest BCUT2D eigenvalue weighted by Crippen LogP contribution is -2.32. The highest BCUT2D eigenvalue weighted by molar-refractivity contribution is 6.33. The number of rotatable bonds is 4. The molecule has 24 heavy (non-hydrogen) atoms. The molecule has 1 aliphatic rings. The molecule has 0 spiro atoms. The van der Waals surface area contributed by atoms with Gasteiger partial charge in [0.05, 0.1) is 5.02 Å². The van der Waals surface area contributed by atoms with E-state index in [2.05, 4.69) is 10.5 Å². The number of likely N-dealkylation sites (tertiary alicyclic amines) is 1. The van der Waals surface area contributed by atoms with Crippen molar-refractivity contribution in [2.45, 2.75) is 6.42 Å². The molecule has 3 rings (SSSR count). The summed E-state index contributed by atoms with van der Waals surface area (Å²) >= 11 is 6.10. The number of nitrogens with zero attached hydrogens (tertiary/aromatic N) is 2. The van der Waals surface area contributed by atoms with Gasteiger partial charge in [-0.25, -0.2) is 4.79 Å². The molecule has 1 aromatic carbocycles. The van der Waals surface area contributed by atoms with Gasteiger partial charge in [0.1, 0.15) is 5.69 Å². The van der Waals surface area contributed by atoms with E-state index in [1.54, 1.807) is 12.1 Å².